The van der Waals surface area contributed by atoms with Gasteiger partial charge in [0.25, 0.3) is 0 Å². The predicted molar refractivity (Wildman–Crippen MR) is 134 cm³/mol. The van der Waals surface area contributed by atoms with Gasteiger partial charge in [0.05, 0.1) is 25.4 Å². The molecule has 34 heavy (non-hydrogen) atoms. The van der Waals surface area contributed by atoms with Gasteiger partial charge in [-0.3, -0.25) is 4.90 Å². The molecule has 4 aliphatic rings. The van der Waals surface area contributed by atoms with E-state index >= 15 is 0 Å². The largest absolute Gasteiger partial charge is 0.492 e. The molecule has 190 valence electrons. The van der Waals surface area contributed by atoms with E-state index in [-0.39, 0.29) is 12.2 Å². The van der Waals surface area contributed by atoms with Crippen LogP contribution in [0.1, 0.15) is 76.7 Å². The maximum atomic E-state index is 6.25. The van der Waals surface area contributed by atoms with Gasteiger partial charge in [-0.15, -0.1) is 0 Å². The van der Waals surface area contributed by atoms with Crippen LogP contribution in [-0.4, -0.2) is 56.6 Å². The molecule has 1 aliphatic heterocycles. The summed E-state index contributed by atoms with van der Waals surface area (Å²) >= 11 is 0. The normalized spacial score (nSPS) is 36.8. The third-order valence-electron chi connectivity index (χ3n) is 8.85. The van der Waals surface area contributed by atoms with Crippen LogP contribution in [0.4, 0.5) is 0 Å². The first-order valence-electron chi connectivity index (χ1n) is 14.0. The van der Waals surface area contributed by atoms with E-state index in [2.05, 4.69) is 43.0 Å². The molecule has 7 unspecified atom stereocenters. The van der Waals surface area contributed by atoms with Crippen LogP contribution in [0.25, 0.3) is 0 Å². The van der Waals surface area contributed by atoms with Gasteiger partial charge in [-0.25, -0.2) is 9.78 Å². The SMILES string of the molecule is CC1CC2CC(C)C(OOC3CCCC(c4cccc(OCCN5CCOCC5)c4)C3)C(C1)C2. The maximum absolute atomic E-state index is 6.25. The molecule has 5 nitrogen and oxygen atoms in total. The summed E-state index contributed by atoms with van der Waals surface area (Å²) in [6.45, 7) is 10.2. The zero-order valence-electron chi connectivity index (χ0n) is 21.3. The molecule has 3 saturated carbocycles. The Labute approximate surface area is 206 Å². The van der Waals surface area contributed by atoms with Crippen LogP contribution in [0.3, 0.4) is 0 Å². The van der Waals surface area contributed by atoms with Crippen molar-refractivity contribution < 1.29 is 19.2 Å². The molecule has 1 saturated heterocycles. The second-order valence-electron chi connectivity index (χ2n) is 11.7. The minimum Gasteiger partial charge on any atom is -0.492 e. The van der Waals surface area contributed by atoms with Crippen molar-refractivity contribution in [2.45, 2.75) is 83.3 Å². The third kappa shape index (κ3) is 6.34. The molecule has 2 bridgehead atoms. The molecule has 3 aliphatic carbocycles. The van der Waals surface area contributed by atoms with E-state index in [1.54, 1.807) is 0 Å². The second-order valence-corrected chi connectivity index (χ2v) is 11.7. The van der Waals surface area contributed by atoms with E-state index in [9.17, 15) is 0 Å². The van der Waals surface area contributed by atoms with E-state index in [4.69, 9.17) is 19.2 Å². The second kappa shape index (κ2) is 11.7. The summed E-state index contributed by atoms with van der Waals surface area (Å²) in [5.41, 5.74) is 1.38. The fraction of sp³-hybridized carbons (Fsp3) is 0.793. The highest BCUT2D eigenvalue weighted by Gasteiger charge is 2.41. The first-order chi connectivity index (χ1) is 16.6. The lowest BCUT2D eigenvalue weighted by Gasteiger charge is -2.45. The first-order valence-corrected chi connectivity index (χ1v) is 14.0. The van der Waals surface area contributed by atoms with Crippen molar-refractivity contribution in [1.82, 2.24) is 4.90 Å². The number of hydrogen-bond donors (Lipinski definition) is 0. The van der Waals surface area contributed by atoms with Gasteiger partial charge in [-0.05, 0) is 92.2 Å². The Morgan fingerprint density at radius 3 is 2.74 bits per heavy atom. The van der Waals surface area contributed by atoms with Crippen LogP contribution in [0, 0.1) is 23.7 Å². The van der Waals surface area contributed by atoms with Gasteiger partial charge in [-0.1, -0.05) is 32.4 Å². The molecule has 1 aromatic carbocycles. The number of fused-ring (bicyclic) bond motifs is 2. The van der Waals surface area contributed by atoms with Crippen molar-refractivity contribution in [3.63, 3.8) is 0 Å². The molecule has 1 aromatic rings. The van der Waals surface area contributed by atoms with E-state index in [0.29, 0.717) is 17.8 Å². The molecule has 4 fully saturated rings. The predicted octanol–water partition coefficient (Wildman–Crippen LogP) is 5.83. The maximum Gasteiger partial charge on any atom is 0.119 e. The molecule has 0 aromatic heterocycles. The molecule has 0 radical (unpaired) electrons. The Kier molecular flexibility index (Phi) is 8.47. The summed E-state index contributed by atoms with van der Waals surface area (Å²) in [5.74, 6) is 4.55. The average Bonchev–Trinajstić information content (AvgIpc) is 2.84. The number of hydrogen-bond acceptors (Lipinski definition) is 5. The highest BCUT2D eigenvalue weighted by atomic mass is 17.2. The van der Waals surface area contributed by atoms with Crippen LogP contribution in [0.2, 0.25) is 0 Å². The number of morpholine rings is 1. The Hall–Kier alpha value is -1.14. The molecule has 0 N–H and O–H groups in total. The van der Waals surface area contributed by atoms with Gasteiger partial charge in [0, 0.05) is 19.6 Å². The van der Waals surface area contributed by atoms with Crippen molar-refractivity contribution in [3.05, 3.63) is 29.8 Å². The van der Waals surface area contributed by atoms with Gasteiger partial charge in [-0.2, -0.15) is 0 Å². The lowest BCUT2D eigenvalue weighted by atomic mass is 9.64. The van der Waals surface area contributed by atoms with Crippen molar-refractivity contribution in [3.8, 4) is 5.75 Å². The minimum absolute atomic E-state index is 0.204. The molecular weight excluding hydrogens is 426 g/mol. The van der Waals surface area contributed by atoms with Gasteiger partial charge in [0.2, 0.25) is 0 Å². The third-order valence-corrected chi connectivity index (χ3v) is 8.85. The Balaban J connectivity index is 1.10. The average molecular weight is 472 g/mol. The van der Waals surface area contributed by atoms with E-state index < -0.39 is 0 Å². The van der Waals surface area contributed by atoms with Crippen molar-refractivity contribution >= 4 is 0 Å². The highest BCUT2D eigenvalue weighted by molar-refractivity contribution is 5.31. The summed E-state index contributed by atoms with van der Waals surface area (Å²) in [6, 6.07) is 8.74. The first kappa shape index (κ1) is 24.5. The summed E-state index contributed by atoms with van der Waals surface area (Å²) in [5, 5.41) is 0. The molecular formula is C29H45NO4. The fourth-order valence-electron chi connectivity index (χ4n) is 7.21. The summed E-state index contributed by atoms with van der Waals surface area (Å²) in [7, 11) is 0. The Morgan fingerprint density at radius 2 is 1.85 bits per heavy atom. The van der Waals surface area contributed by atoms with Crippen LogP contribution in [-0.2, 0) is 14.5 Å². The van der Waals surface area contributed by atoms with Crippen LogP contribution < -0.4 is 4.74 Å². The van der Waals surface area contributed by atoms with Gasteiger partial charge >= 0.3 is 0 Å². The molecule has 5 rings (SSSR count). The summed E-state index contributed by atoms with van der Waals surface area (Å²) in [4.78, 5) is 14.9. The molecule has 1 heterocycles. The molecule has 0 spiro atoms. The standard InChI is InChI=1S/C29H45NO4/c1-21-15-23-17-22(2)29(26(16-21)18-23)34-33-28-8-4-6-25(20-28)24-5-3-7-27(19-24)32-14-11-30-9-12-31-13-10-30/h3,5,7,19,21-23,25-26,28-29H,4,6,8-18,20H2,1-2H3. The monoisotopic (exact) mass is 471 g/mol. The van der Waals surface area contributed by atoms with E-state index in [0.717, 1.165) is 69.9 Å². The van der Waals surface area contributed by atoms with Gasteiger partial charge in [0.1, 0.15) is 12.4 Å². The number of nitrogens with zero attached hydrogens (tertiary/aromatic N) is 1. The lowest BCUT2D eigenvalue weighted by Crippen LogP contribution is -2.42. The summed E-state index contributed by atoms with van der Waals surface area (Å²) < 4.78 is 11.5. The number of benzene rings is 1. The molecule has 5 heteroatoms. The zero-order chi connectivity index (χ0) is 23.3. The minimum atomic E-state index is 0.204. The molecule has 7 atom stereocenters. The highest BCUT2D eigenvalue weighted by Crippen LogP contribution is 2.46. The van der Waals surface area contributed by atoms with E-state index in [1.807, 2.05) is 0 Å². The smallest absolute Gasteiger partial charge is 0.119 e. The van der Waals surface area contributed by atoms with E-state index in [1.165, 1.54) is 44.1 Å². The van der Waals surface area contributed by atoms with Crippen LogP contribution in [0.15, 0.2) is 24.3 Å². The van der Waals surface area contributed by atoms with Crippen LogP contribution >= 0.6 is 0 Å². The zero-order valence-corrected chi connectivity index (χ0v) is 21.3. The quantitative estimate of drug-likeness (QED) is 0.352. The number of ether oxygens (including phenoxy) is 2. The fourth-order valence-corrected chi connectivity index (χ4v) is 7.21. The Bertz CT molecular complexity index is 762. The van der Waals surface area contributed by atoms with Crippen molar-refractivity contribution in [1.29, 1.82) is 0 Å². The van der Waals surface area contributed by atoms with Crippen molar-refractivity contribution in [2.75, 3.05) is 39.5 Å². The number of rotatable bonds is 8. The van der Waals surface area contributed by atoms with Crippen LogP contribution in [0.5, 0.6) is 5.75 Å². The lowest BCUT2D eigenvalue weighted by molar-refractivity contribution is -0.377. The summed E-state index contributed by atoms with van der Waals surface area (Å²) in [6.07, 6.45) is 10.4. The molecule has 0 amide bonds. The van der Waals surface area contributed by atoms with Crippen molar-refractivity contribution in [2.24, 2.45) is 23.7 Å². The topological polar surface area (TPSA) is 40.2 Å². The van der Waals surface area contributed by atoms with Gasteiger partial charge < -0.3 is 9.47 Å². The Morgan fingerprint density at radius 1 is 0.971 bits per heavy atom. The van der Waals surface area contributed by atoms with Gasteiger partial charge in [0.15, 0.2) is 0 Å².